The van der Waals surface area contributed by atoms with E-state index in [9.17, 15) is 0 Å². The lowest BCUT2D eigenvalue weighted by atomic mass is 10.4. The summed E-state index contributed by atoms with van der Waals surface area (Å²) in [6, 6.07) is 0.217. The summed E-state index contributed by atoms with van der Waals surface area (Å²) in [5.74, 6) is 0.776. The zero-order valence-corrected chi connectivity index (χ0v) is 9.41. The first-order chi connectivity index (χ1) is 7.11. The number of hydrogen-bond acceptors (Lipinski definition) is 6. The highest BCUT2D eigenvalue weighted by Crippen LogP contribution is 2.09. The van der Waals surface area contributed by atoms with Crippen LogP contribution in [0.15, 0.2) is 0 Å². The van der Waals surface area contributed by atoms with Crippen LogP contribution in [0, 0.1) is 0 Å². The maximum absolute atomic E-state index is 8.63. The SMILES string of the molecule is CC(C)Nc1nc(Cl)nc(NCCO)n1. The van der Waals surface area contributed by atoms with Crippen molar-refractivity contribution in [2.24, 2.45) is 0 Å². The molecule has 6 nitrogen and oxygen atoms in total. The van der Waals surface area contributed by atoms with E-state index in [0.717, 1.165) is 0 Å². The molecule has 0 bridgehead atoms. The van der Waals surface area contributed by atoms with E-state index in [2.05, 4.69) is 25.6 Å². The molecule has 1 heterocycles. The second-order valence-corrected chi connectivity index (χ2v) is 3.54. The van der Waals surface area contributed by atoms with E-state index in [1.165, 1.54) is 0 Å². The van der Waals surface area contributed by atoms with Gasteiger partial charge in [-0.1, -0.05) is 0 Å². The highest BCUT2D eigenvalue weighted by atomic mass is 35.5. The Morgan fingerprint density at radius 2 is 1.93 bits per heavy atom. The molecule has 0 saturated carbocycles. The molecule has 0 aliphatic heterocycles. The summed E-state index contributed by atoms with van der Waals surface area (Å²) in [7, 11) is 0. The van der Waals surface area contributed by atoms with Gasteiger partial charge in [0.2, 0.25) is 17.2 Å². The minimum absolute atomic E-state index is 0.0102. The highest BCUT2D eigenvalue weighted by molar-refractivity contribution is 6.28. The molecule has 3 N–H and O–H groups in total. The predicted octanol–water partition coefficient (Wildman–Crippen LogP) is 0.749. The van der Waals surface area contributed by atoms with Crippen molar-refractivity contribution in [2.45, 2.75) is 19.9 Å². The molecule has 0 aliphatic rings. The summed E-state index contributed by atoms with van der Waals surface area (Å²) in [4.78, 5) is 11.8. The first-order valence-electron chi connectivity index (χ1n) is 4.64. The first-order valence-corrected chi connectivity index (χ1v) is 5.02. The Labute approximate surface area is 93.1 Å². The average molecular weight is 232 g/mol. The van der Waals surface area contributed by atoms with Gasteiger partial charge in [-0.25, -0.2) is 0 Å². The van der Waals surface area contributed by atoms with Crippen LogP contribution in [0.2, 0.25) is 5.28 Å². The van der Waals surface area contributed by atoms with E-state index in [1.807, 2.05) is 13.8 Å². The summed E-state index contributed by atoms with van der Waals surface area (Å²) in [6.07, 6.45) is 0. The van der Waals surface area contributed by atoms with Gasteiger partial charge >= 0.3 is 0 Å². The monoisotopic (exact) mass is 231 g/mol. The zero-order valence-electron chi connectivity index (χ0n) is 8.66. The molecule has 0 amide bonds. The molecule has 0 saturated heterocycles. The molecule has 1 rings (SSSR count). The van der Waals surface area contributed by atoms with E-state index in [-0.39, 0.29) is 17.9 Å². The van der Waals surface area contributed by atoms with Crippen LogP contribution in [-0.4, -0.2) is 39.3 Å². The minimum Gasteiger partial charge on any atom is -0.395 e. The number of hydrogen-bond donors (Lipinski definition) is 3. The van der Waals surface area contributed by atoms with Gasteiger partial charge in [-0.3, -0.25) is 0 Å². The Balaban J connectivity index is 2.75. The minimum atomic E-state index is 0.0102. The molecule has 0 fully saturated rings. The van der Waals surface area contributed by atoms with E-state index >= 15 is 0 Å². The number of aliphatic hydroxyl groups is 1. The zero-order chi connectivity index (χ0) is 11.3. The van der Waals surface area contributed by atoms with Gasteiger partial charge in [0.1, 0.15) is 0 Å². The fourth-order valence-corrected chi connectivity index (χ4v) is 1.08. The molecule has 1 aromatic rings. The summed E-state index contributed by atoms with van der Waals surface area (Å²) in [5.41, 5.74) is 0. The van der Waals surface area contributed by atoms with E-state index in [4.69, 9.17) is 16.7 Å². The Morgan fingerprint density at radius 1 is 1.27 bits per heavy atom. The summed E-state index contributed by atoms with van der Waals surface area (Å²) in [5, 5.41) is 14.6. The number of nitrogens with one attached hydrogen (secondary N) is 2. The van der Waals surface area contributed by atoms with Crippen molar-refractivity contribution < 1.29 is 5.11 Å². The van der Waals surface area contributed by atoms with Crippen molar-refractivity contribution in [3.63, 3.8) is 0 Å². The van der Waals surface area contributed by atoms with Crippen molar-refractivity contribution in [3.8, 4) is 0 Å². The van der Waals surface area contributed by atoms with E-state index in [1.54, 1.807) is 0 Å². The number of aromatic nitrogens is 3. The van der Waals surface area contributed by atoms with E-state index < -0.39 is 0 Å². The number of halogens is 1. The summed E-state index contributed by atoms with van der Waals surface area (Å²) < 4.78 is 0. The van der Waals surface area contributed by atoms with Crippen LogP contribution < -0.4 is 10.6 Å². The molecule has 0 spiro atoms. The van der Waals surface area contributed by atoms with Crippen LogP contribution in [0.25, 0.3) is 0 Å². The number of aliphatic hydroxyl groups excluding tert-OH is 1. The molecule has 84 valence electrons. The number of anilines is 2. The topological polar surface area (TPSA) is 83.0 Å². The van der Waals surface area contributed by atoms with Crippen molar-refractivity contribution in [1.82, 2.24) is 15.0 Å². The van der Waals surface area contributed by atoms with Crippen molar-refractivity contribution >= 4 is 23.5 Å². The lowest BCUT2D eigenvalue weighted by Crippen LogP contribution is -2.15. The fourth-order valence-electron chi connectivity index (χ4n) is 0.920. The summed E-state index contributed by atoms with van der Waals surface area (Å²) >= 11 is 5.71. The molecule has 0 radical (unpaired) electrons. The molecule has 7 heteroatoms. The van der Waals surface area contributed by atoms with Crippen molar-refractivity contribution in [3.05, 3.63) is 5.28 Å². The standard InChI is InChI=1S/C8H14ClN5O/c1-5(2)11-8-13-6(9)12-7(14-8)10-3-4-15/h5,15H,3-4H2,1-2H3,(H2,10,11,12,13,14). The third kappa shape index (κ3) is 4.26. The van der Waals surface area contributed by atoms with Gasteiger partial charge in [0.15, 0.2) is 0 Å². The number of rotatable bonds is 5. The molecule has 0 unspecified atom stereocenters. The molecule has 0 aromatic carbocycles. The van der Waals surface area contributed by atoms with Crippen molar-refractivity contribution in [1.29, 1.82) is 0 Å². The van der Waals surface area contributed by atoms with Crippen LogP contribution in [0.1, 0.15) is 13.8 Å². The van der Waals surface area contributed by atoms with Crippen molar-refractivity contribution in [2.75, 3.05) is 23.8 Å². The molecular weight excluding hydrogens is 218 g/mol. The van der Waals surface area contributed by atoms with Crippen LogP contribution in [-0.2, 0) is 0 Å². The van der Waals surface area contributed by atoms with Crippen LogP contribution in [0.3, 0.4) is 0 Å². The lowest BCUT2D eigenvalue weighted by molar-refractivity contribution is 0.311. The molecule has 1 aromatic heterocycles. The Hall–Kier alpha value is -1.14. The van der Waals surface area contributed by atoms with Crippen LogP contribution in [0.5, 0.6) is 0 Å². The van der Waals surface area contributed by atoms with Crippen LogP contribution >= 0.6 is 11.6 Å². The fraction of sp³-hybridized carbons (Fsp3) is 0.625. The van der Waals surface area contributed by atoms with E-state index in [0.29, 0.717) is 18.4 Å². The molecule has 15 heavy (non-hydrogen) atoms. The normalized spacial score (nSPS) is 10.5. The highest BCUT2D eigenvalue weighted by Gasteiger charge is 2.04. The second kappa shape index (κ2) is 5.67. The van der Waals surface area contributed by atoms with Gasteiger partial charge in [0.05, 0.1) is 6.61 Å². The maximum Gasteiger partial charge on any atom is 0.228 e. The quantitative estimate of drug-likeness (QED) is 0.694. The average Bonchev–Trinajstić information content (AvgIpc) is 2.12. The Morgan fingerprint density at radius 3 is 2.53 bits per heavy atom. The molecule has 0 atom stereocenters. The maximum atomic E-state index is 8.63. The molecule has 0 aliphatic carbocycles. The Bertz CT molecular complexity index is 320. The van der Waals surface area contributed by atoms with Gasteiger partial charge in [-0.15, -0.1) is 0 Å². The van der Waals surface area contributed by atoms with Gasteiger partial charge in [0.25, 0.3) is 0 Å². The van der Waals surface area contributed by atoms with Gasteiger partial charge < -0.3 is 15.7 Å². The summed E-state index contributed by atoms with van der Waals surface area (Å²) in [6.45, 7) is 4.33. The third-order valence-corrected chi connectivity index (χ3v) is 1.59. The predicted molar refractivity (Wildman–Crippen MR) is 59.2 cm³/mol. The van der Waals surface area contributed by atoms with Gasteiger partial charge in [-0.2, -0.15) is 15.0 Å². The smallest absolute Gasteiger partial charge is 0.228 e. The van der Waals surface area contributed by atoms with Gasteiger partial charge in [0, 0.05) is 12.6 Å². The van der Waals surface area contributed by atoms with Gasteiger partial charge in [-0.05, 0) is 25.4 Å². The first kappa shape index (κ1) is 11.9. The van der Waals surface area contributed by atoms with Crippen LogP contribution in [0.4, 0.5) is 11.9 Å². The lowest BCUT2D eigenvalue weighted by Gasteiger charge is -2.09. The Kier molecular flexibility index (Phi) is 4.51. The molecular formula is C8H14ClN5O. The number of nitrogens with zero attached hydrogens (tertiary/aromatic N) is 3. The largest absolute Gasteiger partial charge is 0.395 e. The third-order valence-electron chi connectivity index (χ3n) is 1.42. The second-order valence-electron chi connectivity index (χ2n) is 3.20.